The Kier molecular flexibility index (Phi) is 3.18. The Labute approximate surface area is 141 Å². The second-order valence-corrected chi connectivity index (χ2v) is 7.86. The molecule has 5 aliphatic rings. The van der Waals surface area contributed by atoms with E-state index in [4.69, 9.17) is 14.6 Å². The first-order valence-corrected chi connectivity index (χ1v) is 8.88. The quantitative estimate of drug-likeness (QED) is 0.520. The van der Waals surface area contributed by atoms with Crippen LogP contribution in [0.1, 0.15) is 12.5 Å². The van der Waals surface area contributed by atoms with E-state index in [0.717, 1.165) is 17.1 Å². The Balaban J connectivity index is 1.40. The number of hydrogen-bond donors (Lipinski definition) is 2. The van der Waals surface area contributed by atoms with Gasteiger partial charge in [0.05, 0.1) is 44.0 Å². The van der Waals surface area contributed by atoms with Gasteiger partial charge in [-0.15, -0.1) is 0 Å². The minimum absolute atomic E-state index is 0.217. The highest BCUT2D eigenvalue weighted by Gasteiger charge is 2.54. The maximum absolute atomic E-state index is 5.42. The summed E-state index contributed by atoms with van der Waals surface area (Å²) in [4.78, 5) is 3.52. The van der Waals surface area contributed by atoms with Crippen molar-refractivity contribution in [3.63, 3.8) is 0 Å². The molecule has 1 aromatic carbocycles. The minimum Gasteiger partial charge on any atom is -0.454 e. The van der Waals surface area contributed by atoms with Crippen molar-refractivity contribution in [3.8, 4) is 11.5 Å². The monoisotopic (exact) mass is 328 g/mol. The average Bonchev–Trinajstić information content (AvgIpc) is 2.89. The molecule has 4 saturated heterocycles. The van der Waals surface area contributed by atoms with E-state index in [1.54, 1.807) is 9.80 Å². The van der Waals surface area contributed by atoms with E-state index in [9.17, 15) is 0 Å². The number of nitrogens with zero attached hydrogens (tertiary/aromatic N) is 2. The third-order valence-corrected chi connectivity index (χ3v) is 5.96. The fraction of sp³-hybridized carbons (Fsp3) is 0.556. The highest BCUT2D eigenvalue weighted by Crippen LogP contribution is 2.32. The maximum atomic E-state index is 5.42. The van der Waals surface area contributed by atoms with Gasteiger partial charge in [0.15, 0.2) is 11.5 Å². The van der Waals surface area contributed by atoms with Crippen molar-refractivity contribution < 1.29 is 19.3 Å². The maximum Gasteiger partial charge on any atom is 0.231 e. The summed E-state index contributed by atoms with van der Waals surface area (Å²) in [6.45, 7) is 10.2. The first-order chi connectivity index (χ1) is 11.7. The molecule has 5 heterocycles. The molecule has 4 fully saturated rings. The number of benzene rings is 1. The van der Waals surface area contributed by atoms with Crippen LogP contribution in [-0.2, 0) is 0 Å². The Bertz CT molecular complexity index is 714. The first-order valence-electron chi connectivity index (χ1n) is 8.88. The lowest BCUT2D eigenvalue weighted by Crippen LogP contribution is -3.16. The zero-order valence-electron chi connectivity index (χ0n) is 14.0. The lowest BCUT2D eigenvalue weighted by atomic mass is 9.72. The molecule has 6 heteroatoms. The number of hydrogen-bond acceptors (Lipinski definition) is 4. The van der Waals surface area contributed by atoms with Crippen LogP contribution in [-0.4, -0.2) is 58.0 Å². The molecule has 6 rings (SSSR count). The summed E-state index contributed by atoms with van der Waals surface area (Å²) in [7, 11) is 0. The summed E-state index contributed by atoms with van der Waals surface area (Å²) in [6, 6.07) is 5.88. The molecule has 0 spiro atoms. The van der Waals surface area contributed by atoms with Crippen LogP contribution in [0, 0.1) is 11.3 Å². The first kappa shape index (κ1) is 14.4. The number of fused-ring (bicyclic) bond motifs is 2. The van der Waals surface area contributed by atoms with Gasteiger partial charge in [-0.2, -0.15) is 10.2 Å². The SMILES string of the molecule is CC12C[NH+]3CC[NH+](CC(C3)C1=NN=Cc1ccc3c(c1)OCO3)C2. The van der Waals surface area contributed by atoms with Gasteiger partial charge >= 0.3 is 0 Å². The molecule has 0 saturated carbocycles. The van der Waals surface area contributed by atoms with E-state index >= 15 is 0 Å². The molecule has 24 heavy (non-hydrogen) atoms. The summed E-state index contributed by atoms with van der Waals surface area (Å²) in [5, 5.41) is 9.15. The Morgan fingerprint density at radius 2 is 1.88 bits per heavy atom. The highest BCUT2D eigenvalue weighted by atomic mass is 16.7. The molecule has 2 atom stereocenters. The van der Waals surface area contributed by atoms with Crippen molar-refractivity contribution >= 4 is 11.9 Å². The van der Waals surface area contributed by atoms with Gasteiger partial charge in [0.2, 0.25) is 6.79 Å². The smallest absolute Gasteiger partial charge is 0.231 e. The predicted octanol–water partition coefficient (Wildman–Crippen LogP) is -1.38. The van der Waals surface area contributed by atoms with Crippen LogP contribution in [0.25, 0.3) is 0 Å². The van der Waals surface area contributed by atoms with Crippen molar-refractivity contribution in [2.75, 3.05) is 46.1 Å². The second-order valence-electron chi connectivity index (χ2n) is 7.86. The van der Waals surface area contributed by atoms with E-state index in [1.807, 2.05) is 24.4 Å². The van der Waals surface area contributed by atoms with E-state index in [1.165, 1.54) is 45.0 Å². The normalized spacial score (nSPS) is 38.2. The standard InChI is InChI=1S/C18H22N4O2/c1-18-10-21-4-5-22(11-18)9-14(8-21)17(18)20-19-7-13-2-3-15-16(6-13)24-12-23-15/h2-3,6-7,14H,4-5,8-12H2,1H3/p+2. The molecular formula is C18H24N4O2+2. The molecule has 0 radical (unpaired) electrons. The molecule has 2 N–H and O–H groups in total. The molecule has 126 valence electrons. The fourth-order valence-corrected chi connectivity index (χ4v) is 5.03. The largest absolute Gasteiger partial charge is 0.454 e. The molecule has 6 nitrogen and oxygen atoms in total. The third kappa shape index (κ3) is 2.32. The van der Waals surface area contributed by atoms with Gasteiger partial charge in [-0.3, -0.25) is 0 Å². The predicted molar refractivity (Wildman–Crippen MR) is 90.3 cm³/mol. The second kappa shape index (κ2) is 5.29. The van der Waals surface area contributed by atoms with Crippen LogP contribution >= 0.6 is 0 Å². The van der Waals surface area contributed by atoms with E-state index in [0.29, 0.717) is 12.7 Å². The van der Waals surface area contributed by atoms with Crippen LogP contribution in [0.15, 0.2) is 28.4 Å². The van der Waals surface area contributed by atoms with Crippen molar-refractivity contribution in [1.82, 2.24) is 0 Å². The van der Waals surface area contributed by atoms with Gasteiger partial charge in [0, 0.05) is 0 Å². The van der Waals surface area contributed by atoms with Crippen LogP contribution in [0.3, 0.4) is 0 Å². The Hall–Kier alpha value is -1.92. The molecule has 0 aromatic heterocycles. The minimum atomic E-state index is 0.217. The van der Waals surface area contributed by atoms with Gasteiger partial charge in [-0.25, -0.2) is 0 Å². The molecule has 4 bridgehead atoms. The van der Waals surface area contributed by atoms with E-state index < -0.39 is 0 Å². The van der Waals surface area contributed by atoms with Gasteiger partial charge < -0.3 is 19.3 Å². The summed E-state index contributed by atoms with van der Waals surface area (Å²) in [5.41, 5.74) is 2.54. The fourth-order valence-electron chi connectivity index (χ4n) is 5.03. The number of piperidine rings is 2. The summed E-state index contributed by atoms with van der Waals surface area (Å²) in [6.07, 6.45) is 1.83. The molecule has 0 amide bonds. The lowest BCUT2D eigenvalue weighted by molar-refractivity contribution is -0.918. The van der Waals surface area contributed by atoms with Gasteiger partial charge in [0.1, 0.15) is 18.5 Å². The zero-order chi connectivity index (χ0) is 16.1. The van der Waals surface area contributed by atoms with Crippen LogP contribution in [0.5, 0.6) is 11.5 Å². The number of quaternary nitrogens is 2. The number of ether oxygens (including phenoxy) is 2. The van der Waals surface area contributed by atoms with Crippen molar-refractivity contribution in [2.45, 2.75) is 6.92 Å². The topological polar surface area (TPSA) is 52.1 Å². The van der Waals surface area contributed by atoms with Crippen LogP contribution in [0.4, 0.5) is 0 Å². The molecular weight excluding hydrogens is 304 g/mol. The molecule has 0 aliphatic carbocycles. The summed E-state index contributed by atoms with van der Waals surface area (Å²) >= 11 is 0. The molecule has 1 aromatic rings. The van der Waals surface area contributed by atoms with Gasteiger partial charge in [-0.1, -0.05) is 0 Å². The van der Waals surface area contributed by atoms with Gasteiger partial charge in [0.25, 0.3) is 0 Å². The number of nitrogens with one attached hydrogen (secondary N) is 2. The molecule has 5 aliphatic heterocycles. The molecule has 2 unspecified atom stereocenters. The van der Waals surface area contributed by atoms with Crippen LogP contribution < -0.4 is 19.3 Å². The van der Waals surface area contributed by atoms with Crippen molar-refractivity contribution in [3.05, 3.63) is 23.8 Å². The average molecular weight is 328 g/mol. The Morgan fingerprint density at radius 1 is 1.12 bits per heavy atom. The van der Waals surface area contributed by atoms with Gasteiger partial charge in [-0.05, 0) is 30.7 Å². The van der Waals surface area contributed by atoms with Crippen LogP contribution in [0.2, 0.25) is 0 Å². The number of rotatable bonds is 2. The lowest BCUT2D eigenvalue weighted by Gasteiger charge is -2.43. The zero-order valence-corrected chi connectivity index (χ0v) is 14.0. The van der Waals surface area contributed by atoms with Crippen molar-refractivity contribution in [1.29, 1.82) is 0 Å². The van der Waals surface area contributed by atoms with Crippen molar-refractivity contribution in [2.24, 2.45) is 21.5 Å². The highest BCUT2D eigenvalue weighted by molar-refractivity contribution is 5.94. The van der Waals surface area contributed by atoms with E-state index in [2.05, 4.69) is 12.0 Å². The summed E-state index contributed by atoms with van der Waals surface area (Å²) in [5.74, 6) is 2.19. The Morgan fingerprint density at radius 3 is 2.62 bits per heavy atom. The van der Waals surface area contributed by atoms with E-state index in [-0.39, 0.29) is 5.41 Å². The summed E-state index contributed by atoms with van der Waals surface area (Å²) < 4.78 is 10.8. The third-order valence-electron chi connectivity index (χ3n) is 5.96.